The first kappa shape index (κ1) is 27.3. The van der Waals surface area contributed by atoms with Gasteiger partial charge >= 0.3 is 5.69 Å². The molecule has 0 spiro atoms. The largest absolute Gasteiger partial charge is 0.301 e. The van der Waals surface area contributed by atoms with Gasteiger partial charge in [0.2, 0.25) is 0 Å². The number of non-ortho nitro benzene ring substituents is 1. The number of nitrogens with zero attached hydrogens (tertiary/aromatic N) is 3. The Hall–Kier alpha value is -2.77. The molecule has 1 aromatic rings. The second-order valence-electron chi connectivity index (χ2n) is 12.4. The van der Waals surface area contributed by atoms with Crippen LogP contribution in [0, 0.1) is 67.1 Å². The molecule has 2 fully saturated rings. The Morgan fingerprint density at radius 2 is 1.86 bits per heavy atom. The zero-order chi connectivity index (χ0) is 26.9. The molecule has 0 aromatic heterocycles. The molecule has 7 atom stereocenters. The highest BCUT2D eigenvalue weighted by Gasteiger charge is 2.55. The van der Waals surface area contributed by atoms with Crippen molar-refractivity contribution in [1.82, 2.24) is 0 Å². The highest BCUT2D eigenvalue weighted by molar-refractivity contribution is 5.98. The topological polar surface area (TPSA) is 111 Å². The fourth-order valence-corrected chi connectivity index (χ4v) is 7.83. The van der Waals surface area contributed by atoms with Crippen molar-refractivity contribution in [3.8, 4) is 0 Å². The lowest BCUT2D eigenvalue weighted by Crippen LogP contribution is -2.46. The van der Waals surface area contributed by atoms with Crippen molar-refractivity contribution < 1.29 is 9.85 Å². The number of hydrogen-bond donors (Lipinski definition) is 1. The van der Waals surface area contributed by atoms with Gasteiger partial charge < -0.3 is 0 Å². The van der Waals surface area contributed by atoms with Crippen LogP contribution >= 0.6 is 0 Å². The molecular formula is C29H42N4O4. The summed E-state index contributed by atoms with van der Waals surface area (Å²) in [7, 11) is 0. The number of hydrogen-bond acceptors (Lipinski definition) is 6. The average molecular weight is 511 g/mol. The number of benzene rings is 1. The number of nitro benzene ring substituents is 2. The number of nitrogens with one attached hydrogen (secondary N) is 1. The number of rotatable bonds is 9. The molecule has 37 heavy (non-hydrogen) atoms. The van der Waals surface area contributed by atoms with Crippen molar-refractivity contribution in [2.24, 2.45) is 51.9 Å². The van der Waals surface area contributed by atoms with Crippen molar-refractivity contribution in [3.63, 3.8) is 0 Å². The van der Waals surface area contributed by atoms with E-state index in [9.17, 15) is 20.2 Å². The zero-order valence-corrected chi connectivity index (χ0v) is 22.9. The third-order valence-corrected chi connectivity index (χ3v) is 9.88. The summed E-state index contributed by atoms with van der Waals surface area (Å²) in [5.41, 5.74) is 3.61. The predicted molar refractivity (Wildman–Crippen MR) is 148 cm³/mol. The van der Waals surface area contributed by atoms with E-state index in [1.807, 2.05) is 0 Å². The third kappa shape index (κ3) is 5.43. The van der Waals surface area contributed by atoms with Gasteiger partial charge in [0.25, 0.3) is 5.69 Å². The van der Waals surface area contributed by atoms with Crippen LogP contribution in [-0.4, -0.2) is 15.6 Å². The van der Waals surface area contributed by atoms with Crippen LogP contribution in [0.25, 0.3) is 0 Å². The second-order valence-corrected chi connectivity index (χ2v) is 12.4. The molecule has 0 radical (unpaired) electrons. The molecule has 1 N–H and O–H groups in total. The lowest BCUT2D eigenvalue weighted by molar-refractivity contribution is -0.393. The van der Waals surface area contributed by atoms with E-state index < -0.39 is 9.85 Å². The molecule has 0 saturated heterocycles. The predicted octanol–water partition coefficient (Wildman–Crippen LogP) is 8.00. The summed E-state index contributed by atoms with van der Waals surface area (Å²) >= 11 is 0. The summed E-state index contributed by atoms with van der Waals surface area (Å²) in [4.78, 5) is 21.3. The minimum Gasteiger partial charge on any atom is -0.271 e. The standard InChI is InChI=1S/C29H42N4O4/c1-18(2)7-6-8-19(3)24-11-12-25-23-10-14-26(20(4)22(23)15-16-29(24,25)5)30-31-27-13-9-21(32(34)35)17-28(27)33(36)37/h9-10,13-14,17-20,22-25,31H,6-8,11-12,15-16H2,1-5H3/b30-26+/t19-,20+,22-,23-,24+,25-,29-/m1/s1. The van der Waals surface area contributed by atoms with Gasteiger partial charge in [-0.3, -0.25) is 25.7 Å². The fourth-order valence-electron chi connectivity index (χ4n) is 7.83. The molecule has 0 heterocycles. The normalized spacial score (nSPS) is 32.7. The fraction of sp³-hybridized carbons (Fsp3) is 0.690. The van der Waals surface area contributed by atoms with Gasteiger partial charge in [-0.25, -0.2) is 0 Å². The highest BCUT2D eigenvalue weighted by atomic mass is 16.6. The molecule has 4 rings (SSSR count). The maximum absolute atomic E-state index is 11.5. The van der Waals surface area contributed by atoms with Crippen LogP contribution in [0.2, 0.25) is 0 Å². The van der Waals surface area contributed by atoms with Crippen molar-refractivity contribution in [1.29, 1.82) is 0 Å². The lowest BCUT2D eigenvalue weighted by Gasteiger charge is -2.51. The Kier molecular flexibility index (Phi) is 8.05. The van der Waals surface area contributed by atoms with Gasteiger partial charge in [0.15, 0.2) is 0 Å². The number of anilines is 1. The van der Waals surface area contributed by atoms with E-state index in [0.717, 1.165) is 29.5 Å². The zero-order valence-electron chi connectivity index (χ0n) is 22.9. The molecule has 0 bridgehead atoms. The summed E-state index contributed by atoms with van der Waals surface area (Å²) in [5.74, 6) is 4.36. The average Bonchev–Trinajstić information content (AvgIpc) is 3.20. The number of fused-ring (bicyclic) bond motifs is 3. The SMILES string of the molecule is CC(C)CCC[C@@H](C)[C@@H]1CC[C@@H]2[C@@H]3C=C/C(=N\Nc4ccc([N+](=O)[O-])cc4[N+](=O)[O-])[C@@H](C)[C@H]3CC[C@@]21C. The van der Waals surface area contributed by atoms with E-state index in [1.165, 1.54) is 57.1 Å². The minimum atomic E-state index is -0.633. The van der Waals surface area contributed by atoms with E-state index in [2.05, 4.69) is 57.3 Å². The summed E-state index contributed by atoms with van der Waals surface area (Å²) in [5, 5.41) is 27.0. The second kappa shape index (κ2) is 10.9. The van der Waals surface area contributed by atoms with Crippen molar-refractivity contribution in [2.75, 3.05) is 5.43 Å². The summed E-state index contributed by atoms with van der Waals surface area (Å²) < 4.78 is 0. The first-order chi connectivity index (χ1) is 17.5. The highest BCUT2D eigenvalue weighted by Crippen LogP contribution is 2.63. The van der Waals surface area contributed by atoms with Gasteiger partial charge in [-0.2, -0.15) is 5.10 Å². The van der Waals surface area contributed by atoms with Crippen molar-refractivity contribution in [3.05, 3.63) is 50.6 Å². The van der Waals surface area contributed by atoms with Crippen LogP contribution in [0.5, 0.6) is 0 Å². The molecule has 8 nitrogen and oxygen atoms in total. The Bertz CT molecular complexity index is 1080. The molecule has 0 amide bonds. The van der Waals surface area contributed by atoms with E-state index in [-0.39, 0.29) is 23.0 Å². The first-order valence-corrected chi connectivity index (χ1v) is 14.0. The van der Waals surface area contributed by atoms with Gasteiger partial charge in [0, 0.05) is 12.0 Å². The van der Waals surface area contributed by atoms with E-state index >= 15 is 0 Å². The molecule has 2 saturated carbocycles. The Balaban J connectivity index is 1.48. The smallest absolute Gasteiger partial charge is 0.271 e. The van der Waals surface area contributed by atoms with E-state index in [0.29, 0.717) is 23.2 Å². The summed E-state index contributed by atoms with van der Waals surface area (Å²) in [6.07, 6.45) is 13.5. The van der Waals surface area contributed by atoms with Crippen LogP contribution < -0.4 is 5.43 Å². The maximum atomic E-state index is 11.5. The Labute approximate surface area is 220 Å². The molecule has 1 aromatic carbocycles. The van der Waals surface area contributed by atoms with Crippen molar-refractivity contribution >= 4 is 22.8 Å². The van der Waals surface area contributed by atoms with Crippen LogP contribution in [0.4, 0.5) is 17.1 Å². The minimum absolute atomic E-state index is 0.159. The molecule has 202 valence electrons. The molecule has 3 aliphatic carbocycles. The molecular weight excluding hydrogens is 468 g/mol. The molecule has 3 aliphatic rings. The van der Waals surface area contributed by atoms with Gasteiger partial charge in [-0.15, -0.1) is 0 Å². The third-order valence-electron chi connectivity index (χ3n) is 9.88. The van der Waals surface area contributed by atoms with Gasteiger partial charge in [0.1, 0.15) is 5.69 Å². The maximum Gasteiger partial charge on any atom is 0.301 e. The van der Waals surface area contributed by atoms with E-state index in [1.54, 1.807) is 0 Å². The molecule has 0 unspecified atom stereocenters. The van der Waals surface area contributed by atoms with Crippen LogP contribution in [0.3, 0.4) is 0 Å². The molecule has 8 heteroatoms. The van der Waals surface area contributed by atoms with Crippen LogP contribution in [-0.2, 0) is 0 Å². The van der Waals surface area contributed by atoms with Gasteiger partial charge in [-0.1, -0.05) is 60.0 Å². The van der Waals surface area contributed by atoms with Crippen LogP contribution in [0.15, 0.2) is 35.5 Å². The molecule has 0 aliphatic heterocycles. The Morgan fingerprint density at radius 3 is 2.54 bits per heavy atom. The van der Waals surface area contributed by atoms with Gasteiger partial charge in [-0.05, 0) is 78.7 Å². The first-order valence-electron chi connectivity index (χ1n) is 14.0. The lowest BCUT2D eigenvalue weighted by atomic mass is 9.53. The summed E-state index contributed by atoms with van der Waals surface area (Å²) in [6, 6.07) is 3.59. The summed E-state index contributed by atoms with van der Waals surface area (Å²) in [6.45, 7) is 11.9. The van der Waals surface area contributed by atoms with Crippen LogP contribution in [0.1, 0.15) is 79.6 Å². The quantitative estimate of drug-likeness (QED) is 0.267. The number of hydrazone groups is 1. The van der Waals surface area contributed by atoms with E-state index in [4.69, 9.17) is 0 Å². The monoisotopic (exact) mass is 510 g/mol. The van der Waals surface area contributed by atoms with Gasteiger partial charge in [0.05, 0.1) is 21.6 Å². The Morgan fingerprint density at radius 1 is 1.11 bits per heavy atom. The number of allylic oxidation sites excluding steroid dienone is 2. The van der Waals surface area contributed by atoms with Crippen molar-refractivity contribution in [2.45, 2.75) is 79.6 Å². The number of nitro groups is 2.